The number of amides is 2. The van der Waals surface area contributed by atoms with Crippen LogP contribution in [0.5, 0.6) is 0 Å². The summed E-state index contributed by atoms with van der Waals surface area (Å²) in [4.78, 5) is 26.2. The van der Waals surface area contributed by atoms with Gasteiger partial charge in [0, 0.05) is 30.9 Å². The lowest BCUT2D eigenvalue weighted by Gasteiger charge is -2.33. The summed E-state index contributed by atoms with van der Waals surface area (Å²) in [5, 5.41) is 2.89. The molecule has 1 aromatic rings. The molecule has 0 atom stereocenters. The van der Waals surface area contributed by atoms with Gasteiger partial charge in [0.25, 0.3) is 5.91 Å². The van der Waals surface area contributed by atoms with Crippen LogP contribution in [0.1, 0.15) is 68.8 Å². The maximum absolute atomic E-state index is 12.2. The number of benzene rings is 1. The van der Waals surface area contributed by atoms with Crippen molar-refractivity contribution in [3.8, 4) is 0 Å². The van der Waals surface area contributed by atoms with Crippen LogP contribution >= 0.6 is 0 Å². The Hall–Kier alpha value is -2.24. The number of anilines is 1. The first-order valence-corrected chi connectivity index (χ1v) is 9.36. The van der Waals surface area contributed by atoms with Gasteiger partial charge >= 0.3 is 6.09 Å². The van der Waals surface area contributed by atoms with Crippen molar-refractivity contribution in [2.75, 3.05) is 25.4 Å². The van der Waals surface area contributed by atoms with E-state index in [4.69, 9.17) is 10.5 Å². The van der Waals surface area contributed by atoms with Crippen LogP contribution in [0.15, 0.2) is 18.2 Å². The molecule has 0 spiro atoms. The van der Waals surface area contributed by atoms with E-state index in [9.17, 15) is 9.59 Å². The van der Waals surface area contributed by atoms with E-state index in [0.29, 0.717) is 30.9 Å². The quantitative estimate of drug-likeness (QED) is 0.804. The second-order valence-electron chi connectivity index (χ2n) is 7.89. The summed E-state index contributed by atoms with van der Waals surface area (Å²) in [6.07, 6.45) is 2.30. The lowest BCUT2D eigenvalue weighted by molar-refractivity contribution is 0.0205. The summed E-state index contributed by atoms with van der Waals surface area (Å²) < 4.78 is 5.44. The van der Waals surface area contributed by atoms with E-state index in [1.807, 2.05) is 39.8 Å². The first kappa shape index (κ1) is 20.1. The summed E-state index contributed by atoms with van der Waals surface area (Å²) in [6.45, 7) is 9.57. The van der Waals surface area contributed by atoms with E-state index in [-0.39, 0.29) is 17.9 Å². The molecule has 6 heteroatoms. The highest BCUT2D eigenvalue weighted by molar-refractivity contribution is 5.95. The van der Waals surface area contributed by atoms with Gasteiger partial charge in [-0.1, -0.05) is 6.92 Å². The summed E-state index contributed by atoms with van der Waals surface area (Å²) in [5.74, 6) is 0.196. The number of carbonyl (C=O) groups is 2. The number of rotatable bonds is 4. The van der Waals surface area contributed by atoms with Crippen LogP contribution in [0, 0.1) is 0 Å². The standard InChI is InChI=1S/C20H31N3O3/c1-5-8-22-18(24)16-11-15(12-17(21)13-16)14-6-9-23(10-7-14)19(25)26-20(2,3)4/h11-14H,5-10,21H2,1-4H3,(H,22,24). The van der Waals surface area contributed by atoms with E-state index in [0.717, 1.165) is 24.8 Å². The molecule has 2 amide bonds. The Bertz CT molecular complexity index is 644. The van der Waals surface area contributed by atoms with Crippen molar-refractivity contribution in [2.24, 2.45) is 0 Å². The number of piperidine rings is 1. The molecule has 3 N–H and O–H groups in total. The molecule has 1 aliphatic rings. The molecule has 1 heterocycles. The summed E-state index contributed by atoms with van der Waals surface area (Å²) in [5.41, 5.74) is 7.79. The second-order valence-corrected chi connectivity index (χ2v) is 7.89. The highest BCUT2D eigenvalue weighted by Crippen LogP contribution is 2.30. The van der Waals surface area contributed by atoms with Crippen molar-refractivity contribution < 1.29 is 14.3 Å². The largest absolute Gasteiger partial charge is 0.444 e. The van der Waals surface area contributed by atoms with Gasteiger partial charge in [0.2, 0.25) is 0 Å². The fourth-order valence-electron chi connectivity index (χ4n) is 3.11. The Labute approximate surface area is 156 Å². The molecule has 144 valence electrons. The second kappa shape index (κ2) is 8.43. The molecule has 0 bridgehead atoms. The Morgan fingerprint density at radius 1 is 1.23 bits per heavy atom. The molecule has 0 unspecified atom stereocenters. The van der Waals surface area contributed by atoms with Crippen LogP contribution in [0.25, 0.3) is 0 Å². The Kier molecular flexibility index (Phi) is 6.51. The molecule has 1 aromatic carbocycles. The Morgan fingerprint density at radius 2 is 1.88 bits per heavy atom. The summed E-state index contributed by atoms with van der Waals surface area (Å²) in [7, 11) is 0. The Morgan fingerprint density at radius 3 is 2.46 bits per heavy atom. The minimum absolute atomic E-state index is 0.0911. The third kappa shape index (κ3) is 5.64. The molecule has 2 rings (SSSR count). The van der Waals surface area contributed by atoms with Gasteiger partial charge in [0.05, 0.1) is 0 Å². The van der Waals surface area contributed by atoms with E-state index in [1.165, 1.54) is 0 Å². The molecular formula is C20H31N3O3. The number of hydrogen-bond donors (Lipinski definition) is 2. The molecule has 1 aliphatic heterocycles. The minimum atomic E-state index is -0.484. The first-order chi connectivity index (χ1) is 12.2. The van der Waals surface area contributed by atoms with Gasteiger partial charge in [-0.15, -0.1) is 0 Å². The normalized spacial score (nSPS) is 15.6. The molecular weight excluding hydrogens is 330 g/mol. The van der Waals surface area contributed by atoms with Gasteiger partial charge in [-0.3, -0.25) is 4.79 Å². The first-order valence-electron chi connectivity index (χ1n) is 9.36. The predicted molar refractivity (Wildman–Crippen MR) is 103 cm³/mol. The van der Waals surface area contributed by atoms with Gasteiger partial charge in [-0.2, -0.15) is 0 Å². The van der Waals surface area contributed by atoms with Crippen molar-refractivity contribution in [1.29, 1.82) is 0 Å². The minimum Gasteiger partial charge on any atom is -0.444 e. The number of likely N-dealkylation sites (tertiary alicyclic amines) is 1. The molecule has 26 heavy (non-hydrogen) atoms. The number of nitrogens with two attached hydrogens (primary N) is 1. The average molecular weight is 361 g/mol. The number of nitrogens with one attached hydrogen (secondary N) is 1. The van der Waals surface area contributed by atoms with Crippen LogP contribution in [0.2, 0.25) is 0 Å². The van der Waals surface area contributed by atoms with Crippen molar-refractivity contribution in [1.82, 2.24) is 10.2 Å². The van der Waals surface area contributed by atoms with Gasteiger partial charge in [-0.25, -0.2) is 4.79 Å². The van der Waals surface area contributed by atoms with Crippen LogP contribution < -0.4 is 11.1 Å². The molecule has 1 saturated heterocycles. The van der Waals surface area contributed by atoms with Crippen molar-refractivity contribution in [2.45, 2.75) is 58.5 Å². The monoisotopic (exact) mass is 361 g/mol. The summed E-state index contributed by atoms with van der Waals surface area (Å²) in [6, 6.07) is 5.57. The van der Waals surface area contributed by atoms with Crippen molar-refractivity contribution in [3.05, 3.63) is 29.3 Å². The fraction of sp³-hybridized carbons (Fsp3) is 0.600. The maximum Gasteiger partial charge on any atom is 0.410 e. The zero-order valence-electron chi connectivity index (χ0n) is 16.3. The number of nitrogens with zero attached hydrogens (tertiary/aromatic N) is 1. The van der Waals surface area contributed by atoms with E-state index in [2.05, 4.69) is 5.32 Å². The zero-order chi connectivity index (χ0) is 19.3. The topological polar surface area (TPSA) is 84.7 Å². The van der Waals surface area contributed by atoms with Gasteiger partial charge < -0.3 is 20.7 Å². The molecule has 6 nitrogen and oxygen atoms in total. The van der Waals surface area contributed by atoms with E-state index >= 15 is 0 Å². The average Bonchev–Trinajstić information content (AvgIpc) is 2.57. The highest BCUT2D eigenvalue weighted by Gasteiger charge is 2.27. The SMILES string of the molecule is CCCNC(=O)c1cc(N)cc(C2CCN(C(=O)OC(C)(C)C)CC2)c1. The van der Waals surface area contributed by atoms with Crippen LogP contribution in [0.3, 0.4) is 0 Å². The number of ether oxygens (including phenoxy) is 1. The number of carbonyl (C=O) groups excluding carboxylic acids is 2. The number of nitrogen functional groups attached to an aromatic ring is 1. The Balaban J connectivity index is 2.01. The third-order valence-electron chi connectivity index (χ3n) is 4.39. The van der Waals surface area contributed by atoms with Crippen molar-refractivity contribution in [3.63, 3.8) is 0 Å². The smallest absolute Gasteiger partial charge is 0.410 e. The fourth-order valence-corrected chi connectivity index (χ4v) is 3.11. The van der Waals surface area contributed by atoms with E-state index < -0.39 is 5.60 Å². The van der Waals surface area contributed by atoms with Gasteiger partial charge in [0.15, 0.2) is 0 Å². The zero-order valence-corrected chi connectivity index (χ0v) is 16.3. The van der Waals surface area contributed by atoms with E-state index in [1.54, 1.807) is 11.0 Å². The highest BCUT2D eigenvalue weighted by atomic mass is 16.6. The van der Waals surface area contributed by atoms with Crippen LogP contribution in [-0.4, -0.2) is 42.1 Å². The summed E-state index contributed by atoms with van der Waals surface area (Å²) >= 11 is 0. The van der Waals surface area contributed by atoms with Crippen molar-refractivity contribution >= 4 is 17.7 Å². The molecule has 0 aliphatic carbocycles. The number of hydrogen-bond acceptors (Lipinski definition) is 4. The third-order valence-corrected chi connectivity index (χ3v) is 4.39. The van der Waals surface area contributed by atoms with Gasteiger partial charge in [0.1, 0.15) is 5.60 Å². The molecule has 0 saturated carbocycles. The molecule has 1 fully saturated rings. The maximum atomic E-state index is 12.2. The molecule has 0 radical (unpaired) electrons. The lowest BCUT2D eigenvalue weighted by Crippen LogP contribution is -2.41. The van der Waals surface area contributed by atoms with Crippen LogP contribution in [0.4, 0.5) is 10.5 Å². The lowest BCUT2D eigenvalue weighted by atomic mass is 9.88. The van der Waals surface area contributed by atoms with Gasteiger partial charge in [-0.05, 0) is 69.7 Å². The molecule has 0 aromatic heterocycles. The van der Waals surface area contributed by atoms with Crippen LogP contribution in [-0.2, 0) is 4.74 Å². The predicted octanol–water partition coefficient (Wildman–Crippen LogP) is 3.52.